The highest BCUT2D eigenvalue weighted by Gasteiger charge is 2.10. The van der Waals surface area contributed by atoms with E-state index in [4.69, 9.17) is 60.1 Å². The van der Waals surface area contributed by atoms with Gasteiger partial charge in [0.25, 0.3) is 0 Å². The highest BCUT2D eigenvalue weighted by Crippen LogP contribution is 1.98. The Morgan fingerprint density at radius 2 is 1.22 bits per heavy atom. The number of aliphatic hydroxyl groups is 4. The molecule has 0 bridgehead atoms. The second-order valence-corrected chi connectivity index (χ2v) is 8.44. The van der Waals surface area contributed by atoms with Gasteiger partial charge in [0, 0.05) is 37.6 Å². The molecule has 0 aliphatic heterocycles. The Morgan fingerprint density at radius 3 is 1.68 bits per heavy atom. The summed E-state index contributed by atoms with van der Waals surface area (Å²) in [6.07, 6.45) is 2.79. The molecule has 41 heavy (non-hydrogen) atoms. The zero-order valence-corrected chi connectivity index (χ0v) is 24.3. The number of aliphatic hydroxyl groups excluding tert-OH is 4. The van der Waals surface area contributed by atoms with Crippen molar-refractivity contribution in [1.82, 2.24) is 5.32 Å². The number of nitrogens with one attached hydrogen (secondary N) is 1. The number of carbonyl (C=O) groups excluding carboxylic acids is 1. The highest BCUT2D eigenvalue weighted by atomic mass is 16.6. The molecule has 0 saturated carbocycles. The van der Waals surface area contributed by atoms with Crippen molar-refractivity contribution in [3.05, 3.63) is 10.4 Å². The molecule has 0 aromatic rings. The third-order valence-corrected chi connectivity index (χ3v) is 4.83. The lowest BCUT2D eigenvalue weighted by atomic mass is 10.2. The topological polar surface area (TPSA) is 240 Å². The maximum atomic E-state index is 11.5. The minimum absolute atomic E-state index is 0.0131. The van der Waals surface area contributed by atoms with Crippen LogP contribution < -0.4 is 11.1 Å². The van der Waals surface area contributed by atoms with E-state index in [1.165, 1.54) is 0 Å². The van der Waals surface area contributed by atoms with E-state index < -0.39 is 0 Å². The average Bonchev–Trinajstić information content (AvgIpc) is 2.98. The fraction of sp³-hybridized carbons (Fsp3) is 0.960. The molecule has 0 aliphatic rings. The van der Waals surface area contributed by atoms with Crippen molar-refractivity contribution in [2.24, 2.45) is 10.8 Å². The van der Waals surface area contributed by atoms with E-state index in [-0.39, 0.29) is 77.6 Å². The predicted molar refractivity (Wildman–Crippen MR) is 150 cm³/mol. The third-order valence-electron chi connectivity index (χ3n) is 4.83. The minimum Gasteiger partial charge on any atom is -0.394 e. The molecule has 0 fully saturated rings. The Kier molecular flexibility index (Phi) is 36.8. The molecule has 0 heterocycles. The summed E-state index contributed by atoms with van der Waals surface area (Å²) in [4.78, 5) is 14.2. The summed E-state index contributed by atoms with van der Waals surface area (Å²) in [5.41, 5.74) is 13.5. The Hall–Kier alpha value is -1.66. The molecule has 16 heteroatoms. The molecular weight excluding hydrogens is 546 g/mol. The maximum absolute atomic E-state index is 11.5. The van der Waals surface area contributed by atoms with Crippen molar-refractivity contribution in [2.75, 3.05) is 112 Å². The van der Waals surface area contributed by atoms with Gasteiger partial charge in [0.1, 0.15) is 12.2 Å². The van der Waals surface area contributed by atoms with E-state index >= 15 is 0 Å². The van der Waals surface area contributed by atoms with Crippen molar-refractivity contribution in [2.45, 2.75) is 44.3 Å². The number of azide groups is 1. The number of ether oxygens (including phenoxy) is 6. The quantitative estimate of drug-likeness (QED) is 0.0255. The maximum Gasteiger partial charge on any atom is 0.219 e. The van der Waals surface area contributed by atoms with E-state index in [2.05, 4.69) is 15.3 Å². The Morgan fingerprint density at radius 1 is 0.732 bits per heavy atom. The highest BCUT2D eigenvalue weighted by molar-refractivity contribution is 5.75. The monoisotopic (exact) mass is 599 g/mol. The van der Waals surface area contributed by atoms with Gasteiger partial charge >= 0.3 is 0 Å². The molecule has 7 N–H and O–H groups in total. The molecular formula is C25H53N5O11. The van der Waals surface area contributed by atoms with E-state index in [0.29, 0.717) is 78.4 Å². The van der Waals surface area contributed by atoms with Gasteiger partial charge < -0.3 is 59.9 Å². The van der Waals surface area contributed by atoms with Crippen molar-refractivity contribution in [1.29, 1.82) is 0 Å². The van der Waals surface area contributed by atoms with Crippen LogP contribution in [0, 0.1) is 0 Å². The number of amides is 1. The van der Waals surface area contributed by atoms with E-state index in [1.54, 1.807) is 0 Å². The minimum atomic E-state index is -0.302. The van der Waals surface area contributed by atoms with Gasteiger partial charge in [0.15, 0.2) is 0 Å². The lowest BCUT2D eigenvalue weighted by Crippen LogP contribution is -2.29. The van der Waals surface area contributed by atoms with Gasteiger partial charge in [-0.05, 0) is 37.8 Å². The van der Waals surface area contributed by atoms with Crippen molar-refractivity contribution >= 4 is 5.91 Å². The molecule has 0 rings (SSSR count). The molecule has 0 spiro atoms. The number of hydrogen-bond acceptors (Lipinski definition) is 13. The van der Waals surface area contributed by atoms with Crippen molar-refractivity contribution in [3.8, 4) is 0 Å². The summed E-state index contributed by atoms with van der Waals surface area (Å²) in [5, 5.41) is 40.8. The molecule has 0 aromatic heterocycles. The fourth-order valence-electron chi connectivity index (χ4n) is 2.90. The summed E-state index contributed by atoms with van der Waals surface area (Å²) in [5.74, 6) is -0.0255. The van der Waals surface area contributed by atoms with E-state index in [0.717, 1.165) is 6.42 Å². The zero-order valence-electron chi connectivity index (χ0n) is 24.3. The lowest BCUT2D eigenvalue weighted by molar-refractivity contribution is -0.121. The van der Waals surface area contributed by atoms with Crippen LogP contribution in [-0.4, -0.2) is 151 Å². The molecule has 1 amide bonds. The predicted octanol–water partition coefficient (Wildman–Crippen LogP) is -0.885. The van der Waals surface area contributed by atoms with Crippen LogP contribution >= 0.6 is 0 Å². The molecule has 0 aliphatic carbocycles. The average molecular weight is 600 g/mol. The second kappa shape index (κ2) is 36.4. The van der Waals surface area contributed by atoms with E-state index in [9.17, 15) is 4.79 Å². The smallest absolute Gasteiger partial charge is 0.219 e. The molecule has 2 atom stereocenters. The van der Waals surface area contributed by atoms with Crippen LogP contribution in [0.4, 0.5) is 0 Å². The Balaban J connectivity index is 0. The largest absolute Gasteiger partial charge is 0.394 e. The first-order chi connectivity index (χ1) is 20.1. The van der Waals surface area contributed by atoms with Crippen LogP contribution in [0.2, 0.25) is 0 Å². The molecule has 0 saturated heterocycles. The van der Waals surface area contributed by atoms with Crippen LogP contribution in [-0.2, 0) is 33.2 Å². The Bertz CT molecular complexity index is 590. The number of nitrogens with zero attached hydrogens (tertiary/aromatic N) is 3. The van der Waals surface area contributed by atoms with Crippen LogP contribution in [0.15, 0.2) is 5.11 Å². The molecule has 244 valence electrons. The first-order valence-corrected chi connectivity index (χ1v) is 14.0. The SMILES string of the molecule is NCCCOCC(COCCO)OCCO.[N-]=[N+]=NCCCCC(=O)NCCCOCC(COCCO)OCCO. The van der Waals surface area contributed by atoms with Crippen LogP contribution in [0.25, 0.3) is 10.4 Å². The summed E-state index contributed by atoms with van der Waals surface area (Å²) in [6, 6.07) is 0. The van der Waals surface area contributed by atoms with Crippen LogP contribution in [0.1, 0.15) is 32.1 Å². The zero-order chi connectivity index (χ0) is 30.7. The molecule has 0 aromatic carbocycles. The van der Waals surface area contributed by atoms with Gasteiger partial charge in [-0.3, -0.25) is 4.79 Å². The van der Waals surface area contributed by atoms with Gasteiger partial charge in [-0.15, -0.1) is 0 Å². The number of hydrogen-bond donors (Lipinski definition) is 6. The second-order valence-electron chi connectivity index (χ2n) is 8.44. The van der Waals surface area contributed by atoms with Crippen LogP contribution in [0.5, 0.6) is 0 Å². The lowest BCUT2D eigenvalue weighted by Gasteiger charge is -2.17. The first-order valence-electron chi connectivity index (χ1n) is 14.0. The molecule has 2 unspecified atom stereocenters. The van der Waals surface area contributed by atoms with Gasteiger partial charge in [-0.25, -0.2) is 0 Å². The van der Waals surface area contributed by atoms with Gasteiger partial charge in [-0.2, -0.15) is 0 Å². The van der Waals surface area contributed by atoms with Crippen LogP contribution in [0.3, 0.4) is 0 Å². The van der Waals surface area contributed by atoms with Gasteiger partial charge in [-0.1, -0.05) is 5.11 Å². The number of unbranched alkanes of at least 4 members (excludes halogenated alkanes) is 1. The van der Waals surface area contributed by atoms with Gasteiger partial charge in [0.05, 0.1) is 79.3 Å². The van der Waals surface area contributed by atoms with Gasteiger partial charge in [0.2, 0.25) is 5.91 Å². The number of carbonyl (C=O) groups is 1. The third kappa shape index (κ3) is 34.4. The summed E-state index contributed by atoms with van der Waals surface area (Å²) >= 11 is 0. The number of nitrogens with two attached hydrogens (primary N) is 1. The fourth-order valence-corrected chi connectivity index (χ4v) is 2.90. The summed E-state index contributed by atoms with van der Waals surface area (Å²) in [6.45, 7) is 4.76. The van der Waals surface area contributed by atoms with E-state index in [1.807, 2.05) is 0 Å². The van der Waals surface area contributed by atoms with Crippen molar-refractivity contribution < 1.29 is 53.6 Å². The Labute approximate surface area is 243 Å². The first kappa shape index (κ1) is 41.5. The summed E-state index contributed by atoms with van der Waals surface area (Å²) < 4.78 is 31.8. The molecule has 0 radical (unpaired) electrons. The normalized spacial score (nSPS) is 12.2. The standard InChI is InChI=1S/C15H30N4O6.C10H23NO5/c16-19-18-6-2-1-4-15(22)17-5-3-9-23-12-14(25-11-8-21)13-24-10-7-20;11-2-1-5-14-8-10(16-7-4-13)9-15-6-3-12/h14,20-21H,1-13H2,(H,17,22);10,12-13H,1-9,11H2. The van der Waals surface area contributed by atoms with Crippen molar-refractivity contribution in [3.63, 3.8) is 0 Å². The molecule has 16 nitrogen and oxygen atoms in total. The number of rotatable bonds is 30. The summed E-state index contributed by atoms with van der Waals surface area (Å²) in [7, 11) is 0.